The summed E-state index contributed by atoms with van der Waals surface area (Å²) < 4.78 is 13.7. The van der Waals surface area contributed by atoms with Gasteiger partial charge in [-0.25, -0.2) is 4.39 Å². The number of halogens is 1. The minimum absolute atomic E-state index is 0.105. The van der Waals surface area contributed by atoms with Crippen molar-refractivity contribution in [1.82, 2.24) is 4.98 Å². The van der Waals surface area contributed by atoms with Gasteiger partial charge in [0.25, 0.3) is 5.91 Å². The second-order valence-electron chi connectivity index (χ2n) is 3.84. The predicted molar refractivity (Wildman–Crippen MR) is 72.6 cm³/mol. The normalized spacial score (nSPS) is 9.50. The predicted octanol–water partition coefficient (Wildman–Crippen LogP) is 1.82. The highest BCUT2D eigenvalue weighted by Gasteiger charge is 2.12. The number of aromatic nitrogens is 1. The summed E-state index contributed by atoms with van der Waals surface area (Å²) in [4.78, 5) is 15.8. The summed E-state index contributed by atoms with van der Waals surface area (Å²) in [6.07, 6.45) is 3.05. The minimum atomic E-state index is -0.633. The highest BCUT2D eigenvalue weighted by Crippen LogP contribution is 2.13. The smallest absolute Gasteiger partial charge is 0.258 e. The summed E-state index contributed by atoms with van der Waals surface area (Å²) in [7, 11) is 0. The van der Waals surface area contributed by atoms with E-state index in [9.17, 15) is 9.18 Å². The number of benzene rings is 1. The highest BCUT2D eigenvalue weighted by atomic mass is 19.1. The number of nitrogens with zero attached hydrogens (tertiary/aromatic N) is 1. The maximum Gasteiger partial charge on any atom is 0.258 e. The van der Waals surface area contributed by atoms with E-state index in [0.29, 0.717) is 11.3 Å². The number of anilines is 1. The SMILES string of the molecule is O=C(Nc1ccncc1)c1cc(C#CCO)ccc1F. The summed E-state index contributed by atoms with van der Waals surface area (Å²) in [5.74, 6) is 3.87. The molecule has 5 heteroatoms. The molecule has 4 nitrogen and oxygen atoms in total. The first kappa shape index (κ1) is 13.7. The van der Waals surface area contributed by atoms with E-state index in [1.54, 1.807) is 12.1 Å². The number of aliphatic hydroxyl groups excluding tert-OH is 1. The standard InChI is InChI=1S/C15H11FN2O2/c16-14-4-3-11(2-1-9-19)10-13(14)15(20)18-12-5-7-17-8-6-12/h3-8,10,19H,9H2,(H,17,18,20). The monoisotopic (exact) mass is 270 g/mol. The molecule has 2 N–H and O–H groups in total. The van der Waals surface area contributed by atoms with Crippen LogP contribution in [0.5, 0.6) is 0 Å². The minimum Gasteiger partial charge on any atom is -0.384 e. The van der Waals surface area contributed by atoms with Crippen LogP contribution in [0.25, 0.3) is 0 Å². The largest absolute Gasteiger partial charge is 0.384 e. The van der Waals surface area contributed by atoms with Crippen molar-refractivity contribution in [2.24, 2.45) is 0 Å². The first-order valence-electron chi connectivity index (χ1n) is 5.81. The Morgan fingerprint density at radius 1 is 1.30 bits per heavy atom. The Morgan fingerprint density at radius 2 is 2.05 bits per heavy atom. The van der Waals surface area contributed by atoms with Gasteiger partial charge >= 0.3 is 0 Å². The summed E-state index contributed by atoms with van der Waals surface area (Å²) in [6.45, 7) is -0.296. The number of hydrogen-bond acceptors (Lipinski definition) is 3. The molecule has 0 saturated carbocycles. The second-order valence-corrected chi connectivity index (χ2v) is 3.84. The van der Waals surface area contributed by atoms with E-state index in [4.69, 9.17) is 5.11 Å². The Balaban J connectivity index is 2.25. The van der Waals surface area contributed by atoms with Gasteiger partial charge in [-0.2, -0.15) is 0 Å². The lowest BCUT2D eigenvalue weighted by atomic mass is 10.1. The maximum absolute atomic E-state index is 13.7. The average molecular weight is 270 g/mol. The van der Waals surface area contributed by atoms with Gasteiger partial charge in [0.2, 0.25) is 0 Å². The summed E-state index contributed by atoms with van der Waals surface area (Å²) in [5, 5.41) is 11.2. The van der Waals surface area contributed by atoms with Gasteiger partial charge in [-0.05, 0) is 30.3 Å². The summed E-state index contributed by atoms with van der Waals surface area (Å²) in [6, 6.07) is 7.16. The van der Waals surface area contributed by atoms with Gasteiger partial charge in [0.05, 0.1) is 5.56 Å². The van der Waals surface area contributed by atoms with E-state index in [-0.39, 0.29) is 12.2 Å². The van der Waals surface area contributed by atoms with Gasteiger partial charge in [-0.1, -0.05) is 11.8 Å². The first-order chi connectivity index (χ1) is 9.70. The fourth-order valence-electron chi connectivity index (χ4n) is 1.55. The first-order valence-corrected chi connectivity index (χ1v) is 5.81. The number of rotatable bonds is 2. The van der Waals surface area contributed by atoms with Crippen molar-refractivity contribution in [2.45, 2.75) is 0 Å². The van der Waals surface area contributed by atoms with Crippen LogP contribution in [0.3, 0.4) is 0 Å². The van der Waals surface area contributed by atoms with Crippen LogP contribution in [-0.2, 0) is 0 Å². The van der Waals surface area contributed by atoms with E-state index in [0.717, 1.165) is 0 Å². The van der Waals surface area contributed by atoms with E-state index >= 15 is 0 Å². The van der Waals surface area contributed by atoms with Gasteiger partial charge in [0.1, 0.15) is 12.4 Å². The van der Waals surface area contributed by atoms with Gasteiger partial charge in [-0.15, -0.1) is 0 Å². The number of pyridine rings is 1. The Kier molecular flexibility index (Phi) is 4.43. The van der Waals surface area contributed by atoms with Crippen molar-refractivity contribution < 1.29 is 14.3 Å². The molecule has 0 aliphatic rings. The lowest BCUT2D eigenvalue weighted by molar-refractivity contribution is 0.102. The molecule has 0 atom stereocenters. The molecule has 100 valence electrons. The zero-order chi connectivity index (χ0) is 14.4. The summed E-state index contributed by atoms with van der Waals surface area (Å²) >= 11 is 0. The van der Waals surface area contributed by atoms with Crippen molar-refractivity contribution in [3.63, 3.8) is 0 Å². The van der Waals surface area contributed by atoms with E-state index < -0.39 is 11.7 Å². The molecule has 0 fully saturated rings. The van der Waals surface area contributed by atoms with E-state index in [1.165, 1.54) is 30.6 Å². The third-order valence-electron chi connectivity index (χ3n) is 2.46. The number of amides is 1. The summed E-state index contributed by atoms with van der Waals surface area (Å²) in [5.41, 5.74) is 0.878. The highest BCUT2D eigenvalue weighted by molar-refractivity contribution is 6.04. The average Bonchev–Trinajstić information content (AvgIpc) is 2.47. The molecule has 0 saturated heterocycles. The lowest BCUT2D eigenvalue weighted by Gasteiger charge is -2.06. The quantitative estimate of drug-likeness (QED) is 0.818. The Morgan fingerprint density at radius 3 is 2.75 bits per heavy atom. The van der Waals surface area contributed by atoms with Crippen LogP contribution in [0, 0.1) is 17.7 Å². The van der Waals surface area contributed by atoms with Crippen LogP contribution in [0.15, 0.2) is 42.7 Å². The van der Waals surface area contributed by atoms with Crippen molar-refractivity contribution in [3.05, 3.63) is 59.7 Å². The molecule has 1 aromatic carbocycles. The molecule has 0 spiro atoms. The Bertz CT molecular complexity index is 675. The molecule has 0 unspecified atom stereocenters. The molecule has 2 rings (SSSR count). The lowest BCUT2D eigenvalue weighted by Crippen LogP contribution is -2.14. The molecule has 1 amide bonds. The van der Waals surface area contributed by atoms with Crippen LogP contribution in [0.1, 0.15) is 15.9 Å². The van der Waals surface area contributed by atoms with Gasteiger partial charge in [0.15, 0.2) is 0 Å². The molecule has 0 aliphatic heterocycles. The molecule has 1 heterocycles. The molecule has 2 aromatic rings. The van der Waals surface area contributed by atoms with Crippen LogP contribution in [-0.4, -0.2) is 22.6 Å². The van der Waals surface area contributed by atoms with Gasteiger partial charge in [-0.3, -0.25) is 9.78 Å². The van der Waals surface area contributed by atoms with Crippen LogP contribution in [0.4, 0.5) is 10.1 Å². The number of carbonyl (C=O) groups excluding carboxylic acids is 1. The van der Waals surface area contributed by atoms with E-state index in [2.05, 4.69) is 22.1 Å². The Hall–Kier alpha value is -2.71. The van der Waals surface area contributed by atoms with Gasteiger partial charge < -0.3 is 10.4 Å². The van der Waals surface area contributed by atoms with Crippen molar-refractivity contribution in [1.29, 1.82) is 0 Å². The van der Waals surface area contributed by atoms with Crippen molar-refractivity contribution in [3.8, 4) is 11.8 Å². The molecule has 1 aromatic heterocycles. The van der Waals surface area contributed by atoms with Crippen LogP contribution >= 0.6 is 0 Å². The fourth-order valence-corrected chi connectivity index (χ4v) is 1.55. The number of nitrogens with one attached hydrogen (secondary N) is 1. The number of carbonyl (C=O) groups is 1. The van der Waals surface area contributed by atoms with Crippen molar-refractivity contribution in [2.75, 3.05) is 11.9 Å². The fraction of sp³-hybridized carbons (Fsp3) is 0.0667. The molecule has 0 radical (unpaired) electrons. The number of aliphatic hydroxyl groups is 1. The molecular weight excluding hydrogens is 259 g/mol. The zero-order valence-corrected chi connectivity index (χ0v) is 10.4. The van der Waals surface area contributed by atoms with Gasteiger partial charge in [0, 0.05) is 23.6 Å². The maximum atomic E-state index is 13.7. The van der Waals surface area contributed by atoms with Crippen LogP contribution < -0.4 is 5.32 Å². The molecule has 0 aliphatic carbocycles. The third-order valence-corrected chi connectivity index (χ3v) is 2.46. The molecule has 0 bridgehead atoms. The molecule has 20 heavy (non-hydrogen) atoms. The second kappa shape index (κ2) is 6.45. The Labute approximate surface area is 115 Å². The topological polar surface area (TPSA) is 62.2 Å². The molecular formula is C15H11FN2O2. The number of hydrogen-bond donors (Lipinski definition) is 2. The third kappa shape index (κ3) is 3.40. The van der Waals surface area contributed by atoms with E-state index in [1.807, 2.05) is 0 Å². The zero-order valence-electron chi connectivity index (χ0n) is 10.4. The van der Waals surface area contributed by atoms with Crippen LogP contribution in [0.2, 0.25) is 0 Å². The van der Waals surface area contributed by atoms with Crippen molar-refractivity contribution >= 4 is 11.6 Å².